The molecule has 134 valence electrons. The Balaban J connectivity index is 1.62. The summed E-state index contributed by atoms with van der Waals surface area (Å²) >= 11 is 7.20. The number of hydrogen-bond donors (Lipinski definition) is 1. The van der Waals surface area contributed by atoms with Crippen LogP contribution < -0.4 is 10.1 Å². The maximum Gasteiger partial charge on any atom is 0.257 e. The minimum Gasteiger partial charge on any atom is -0.494 e. The Bertz CT molecular complexity index is 863. The van der Waals surface area contributed by atoms with E-state index in [0.717, 1.165) is 29.2 Å². The number of carbonyl (C=O) groups excluding carboxylic acids is 1. The standard InChI is InChI=1S/C19H18ClN3O2S/c1-2-3-12-25-16-10-6-13(7-11-16)17(24)21-19-23-22-18(26-19)14-4-8-15(20)9-5-14/h4-11H,2-3,12H2,1H3,(H,21,23,24). The van der Waals surface area contributed by atoms with Crippen LogP contribution in [0.2, 0.25) is 5.02 Å². The molecule has 0 saturated heterocycles. The number of unbranched alkanes of at least 4 members (excludes halogenated alkanes) is 1. The van der Waals surface area contributed by atoms with E-state index in [9.17, 15) is 4.79 Å². The summed E-state index contributed by atoms with van der Waals surface area (Å²) in [6.45, 7) is 2.79. The van der Waals surface area contributed by atoms with E-state index in [2.05, 4.69) is 22.4 Å². The molecule has 0 saturated carbocycles. The highest BCUT2D eigenvalue weighted by Gasteiger charge is 2.11. The lowest BCUT2D eigenvalue weighted by molar-refractivity contribution is 0.102. The fourth-order valence-electron chi connectivity index (χ4n) is 2.19. The Morgan fingerprint density at radius 1 is 1.12 bits per heavy atom. The van der Waals surface area contributed by atoms with E-state index in [1.165, 1.54) is 11.3 Å². The van der Waals surface area contributed by atoms with Crippen LogP contribution in [0.4, 0.5) is 5.13 Å². The van der Waals surface area contributed by atoms with Crippen molar-refractivity contribution in [1.82, 2.24) is 10.2 Å². The van der Waals surface area contributed by atoms with E-state index in [1.54, 1.807) is 36.4 Å². The van der Waals surface area contributed by atoms with Crippen molar-refractivity contribution in [1.29, 1.82) is 0 Å². The molecule has 1 aromatic heterocycles. The summed E-state index contributed by atoms with van der Waals surface area (Å²) in [6, 6.07) is 14.4. The third-order valence-electron chi connectivity index (χ3n) is 3.62. The fraction of sp³-hybridized carbons (Fsp3) is 0.211. The van der Waals surface area contributed by atoms with Gasteiger partial charge in [-0.2, -0.15) is 0 Å². The molecular weight excluding hydrogens is 370 g/mol. The normalized spacial score (nSPS) is 10.5. The molecule has 0 aliphatic rings. The maximum absolute atomic E-state index is 12.3. The zero-order chi connectivity index (χ0) is 18.4. The molecular formula is C19H18ClN3O2S. The molecule has 0 aliphatic heterocycles. The van der Waals surface area contributed by atoms with Crippen LogP contribution in [0, 0.1) is 0 Å². The van der Waals surface area contributed by atoms with Gasteiger partial charge in [0.2, 0.25) is 5.13 Å². The summed E-state index contributed by atoms with van der Waals surface area (Å²) < 4.78 is 5.60. The Kier molecular flexibility index (Phi) is 6.20. The number of aromatic nitrogens is 2. The van der Waals surface area contributed by atoms with Gasteiger partial charge in [0.25, 0.3) is 5.91 Å². The molecule has 5 nitrogen and oxygen atoms in total. The second kappa shape index (κ2) is 8.78. The van der Waals surface area contributed by atoms with Gasteiger partial charge in [-0.15, -0.1) is 10.2 Å². The molecule has 3 aromatic rings. The van der Waals surface area contributed by atoms with Gasteiger partial charge in [-0.05, 0) is 42.8 Å². The Labute approximate surface area is 161 Å². The van der Waals surface area contributed by atoms with Gasteiger partial charge in [0.1, 0.15) is 10.8 Å². The number of nitrogens with zero attached hydrogens (tertiary/aromatic N) is 2. The first-order chi connectivity index (χ1) is 12.7. The van der Waals surface area contributed by atoms with Crippen molar-refractivity contribution in [2.45, 2.75) is 19.8 Å². The summed E-state index contributed by atoms with van der Waals surface area (Å²) in [5, 5.41) is 12.7. The van der Waals surface area contributed by atoms with Gasteiger partial charge in [-0.1, -0.05) is 48.4 Å². The van der Waals surface area contributed by atoms with E-state index < -0.39 is 0 Å². The number of nitrogens with one attached hydrogen (secondary N) is 1. The number of carbonyl (C=O) groups is 1. The van der Waals surface area contributed by atoms with E-state index in [-0.39, 0.29) is 5.91 Å². The predicted molar refractivity (Wildman–Crippen MR) is 105 cm³/mol. The van der Waals surface area contributed by atoms with Crippen LogP contribution in [-0.4, -0.2) is 22.7 Å². The zero-order valence-electron chi connectivity index (χ0n) is 14.2. The van der Waals surface area contributed by atoms with Crippen molar-refractivity contribution >= 4 is 34.0 Å². The molecule has 0 unspecified atom stereocenters. The molecule has 0 fully saturated rings. The summed E-state index contributed by atoms with van der Waals surface area (Å²) in [4.78, 5) is 12.3. The molecule has 26 heavy (non-hydrogen) atoms. The monoisotopic (exact) mass is 387 g/mol. The van der Waals surface area contributed by atoms with E-state index >= 15 is 0 Å². The Hall–Kier alpha value is -2.44. The largest absolute Gasteiger partial charge is 0.494 e. The SMILES string of the molecule is CCCCOc1ccc(C(=O)Nc2nnc(-c3ccc(Cl)cc3)s2)cc1. The highest BCUT2D eigenvalue weighted by molar-refractivity contribution is 7.18. The van der Waals surface area contributed by atoms with Gasteiger partial charge < -0.3 is 4.74 Å². The molecule has 3 rings (SSSR count). The molecule has 1 N–H and O–H groups in total. The predicted octanol–water partition coefficient (Wildman–Crippen LogP) is 5.29. The van der Waals surface area contributed by atoms with E-state index in [4.69, 9.17) is 16.3 Å². The van der Waals surface area contributed by atoms with E-state index in [0.29, 0.717) is 22.3 Å². The van der Waals surface area contributed by atoms with Gasteiger partial charge >= 0.3 is 0 Å². The van der Waals surface area contributed by atoms with Crippen LogP contribution in [0.15, 0.2) is 48.5 Å². The molecule has 1 heterocycles. The molecule has 0 radical (unpaired) electrons. The van der Waals surface area contributed by atoms with Crippen molar-refractivity contribution in [3.8, 4) is 16.3 Å². The minimum absolute atomic E-state index is 0.232. The van der Waals surface area contributed by atoms with Crippen molar-refractivity contribution in [3.05, 3.63) is 59.1 Å². The molecule has 2 aromatic carbocycles. The number of amides is 1. The average molecular weight is 388 g/mol. The summed E-state index contributed by atoms with van der Waals surface area (Å²) in [5.41, 5.74) is 1.44. The van der Waals surface area contributed by atoms with Crippen molar-refractivity contribution in [3.63, 3.8) is 0 Å². The number of rotatable bonds is 7. The van der Waals surface area contributed by atoms with Gasteiger partial charge in [-0.25, -0.2) is 0 Å². The second-order valence-corrected chi connectivity index (χ2v) is 7.01. The number of anilines is 1. The fourth-order valence-corrected chi connectivity index (χ4v) is 3.06. The van der Waals surface area contributed by atoms with Crippen molar-refractivity contribution in [2.75, 3.05) is 11.9 Å². The lowest BCUT2D eigenvalue weighted by atomic mass is 10.2. The summed E-state index contributed by atoms with van der Waals surface area (Å²) in [6.07, 6.45) is 2.09. The summed E-state index contributed by atoms with van der Waals surface area (Å²) in [5.74, 6) is 0.528. The van der Waals surface area contributed by atoms with Gasteiger partial charge in [0, 0.05) is 16.1 Å². The number of halogens is 1. The summed E-state index contributed by atoms with van der Waals surface area (Å²) in [7, 11) is 0. The zero-order valence-corrected chi connectivity index (χ0v) is 15.8. The van der Waals surface area contributed by atoms with Crippen LogP contribution in [0.5, 0.6) is 5.75 Å². The first-order valence-electron chi connectivity index (χ1n) is 8.29. The van der Waals surface area contributed by atoms with Crippen molar-refractivity contribution < 1.29 is 9.53 Å². The van der Waals surface area contributed by atoms with Crippen LogP contribution in [0.25, 0.3) is 10.6 Å². The van der Waals surface area contributed by atoms with E-state index in [1.807, 2.05) is 12.1 Å². The Morgan fingerprint density at radius 3 is 2.54 bits per heavy atom. The number of ether oxygens (including phenoxy) is 1. The number of benzene rings is 2. The third-order valence-corrected chi connectivity index (χ3v) is 4.76. The Morgan fingerprint density at radius 2 is 1.85 bits per heavy atom. The quantitative estimate of drug-likeness (QED) is 0.559. The maximum atomic E-state index is 12.3. The van der Waals surface area contributed by atoms with Crippen molar-refractivity contribution in [2.24, 2.45) is 0 Å². The second-order valence-electron chi connectivity index (χ2n) is 5.60. The van der Waals surface area contributed by atoms with Crippen LogP contribution >= 0.6 is 22.9 Å². The van der Waals surface area contributed by atoms with Gasteiger partial charge in [0.15, 0.2) is 0 Å². The lowest BCUT2D eigenvalue weighted by Gasteiger charge is -2.06. The van der Waals surface area contributed by atoms with Gasteiger partial charge in [-0.3, -0.25) is 10.1 Å². The third kappa shape index (κ3) is 4.80. The number of hydrogen-bond acceptors (Lipinski definition) is 5. The molecule has 1 amide bonds. The molecule has 0 bridgehead atoms. The molecule has 0 spiro atoms. The highest BCUT2D eigenvalue weighted by Crippen LogP contribution is 2.27. The molecule has 7 heteroatoms. The first kappa shape index (κ1) is 18.4. The van der Waals surface area contributed by atoms with Crippen LogP contribution in [0.1, 0.15) is 30.1 Å². The topological polar surface area (TPSA) is 64.1 Å². The highest BCUT2D eigenvalue weighted by atomic mass is 35.5. The first-order valence-corrected chi connectivity index (χ1v) is 9.49. The van der Waals surface area contributed by atoms with Crippen LogP contribution in [0.3, 0.4) is 0 Å². The average Bonchev–Trinajstić information content (AvgIpc) is 3.11. The van der Waals surface area contributed by atoms with Gasteiger partial charge in [0.05, 0.1) is 6.61 Å². The lowest BCUT2D eigenvalue weighted by Crippen LogP contribution is -2.11. The molecule has 0 atom stereocenters. The minimum atomic E-state index is -0.232. The smallest absolute Gasteiger partial charge is 0.257 e. The molecule has 0 aliphatic carbocycles. The van der Waals surface area contributed by atoms with Crippen LogP contribution in [-0.2, 0) is 0 Å².